The lowest BCUT2D eigenvalue weighted by atomic mass is 10.1. The Balaban J connectivity index is 2.05. The third-order valence-corrected chi connectivity index (χ3v) is 2.96. The van der Waals surface area contributed by atoms with Crippen LogP contribution in [0.5, 0.6) is 0 Å². The van der Waals surface area contributed by atoms with Crippen LogP contribution in [-0.2, 0) is 9.59 Å². The Bertz CT molecular complexity index is 753. The first-order chi connectivity index (χ1) is 10.9. The molecule has 2 aromatic rings. The Morgan fingerprint density at radius 3 is 1.87 bits per heavy atom. The summed E-state index contributed by atoms with van der Waals surface area (Å²) in [6.07, 6.45) is 0. The van der Waals surface area contributed by atoms with Crippen molar-refractivity contribution >= 4 is 29.0 Å². The smallest absolute Gasteiger partial charge is 0.314 e. The number of hydrogen-bond acceptors (Lipinski definition) is 3. The van der Waals surface area contributed by atoms with Crippen molar-refractivity contribution in [2.24, 2.45) is 0 Å². The molecule has 2 aromatic carbocycles. The fraction of sp³-hybridized carbons (Fsp3) is 0.0625. The Morgan fingerprint density at radius 1 is 0.826 bits per heavy atom. The lowest BCUT2D eigenvalue weighted by molar-refractivity contribution is -0.133. The van der Waals surface area contributed by atoms with Gasteiger partial charge in [0, 0.05) is 11.3 Å². The SMILES string of the molecule is CC(=O)c1ccc(NC(=O)C(=O)Nc2c(F)cccc2F)cc1. The fourth-order valence-corrected chi connectivity index (χ4v) is 1.76. The predicted molar refractivity (Wildman–Crippen MR) is 80.1 cm³/mol. The van der Waals surface area contributed by atoms with Crippen molar-refractivity contribution in [1.29, 1.82) is 0 Å². The van der Waals surface area contributed by atoms with E-state index >= 15 is 0 Å². The lowest BCUT2D eigenvalue weighted by Crippen LogP contribution is -2.29. The summed E-state index contributed by atoms with van der Waals surface area (Å²) < 4.78 is 26.8. The number of anilines is 2. The molecule has 0 bridgehead atoms. The van der Waals surface area contributed by atoms with E-state index in [2.05, 4.69) is 5.32 Å². The molecule has 0 aromatic heterocycles. The molecule has 2 rings (SSSR count). The van der Waals surface area contributed by atoms with Gasteiger partial charge < -0.3 is 10.6 Å². The highest BCUT2D eigenvalue weighted by Gasteiger charge is 2.18. The summed E-state index contributed by atoms with van der Waals surface area (Å²) in [6.45, 7) is 1.39. The molecule has 7 heteroatoms. The van der Waals surface area contributed by atoms with Crippen molar-refractivity contribution < 1.29 is 23.2 Å². The number of hydrogen-bond donors (Lipinski definition) is 2. The monoisotopic (exact) mass is 318 g/mol. The second-order valence-corrected chi connectivity index (χ2v) is 4.64. The minimum atomic E-state index is -1.22. The summed E-state index contributed by atoms with van der Waals surface area (Å²) in [5, 5.41) is 4.13. The third kappa shape index (κ3) is 3.97. The summed E-state index contributed by atoms with van der Waals surface area (Å²) in [6, 6.07) is 8.88. The molecule has 2 amide bonds. The molecule has 0 saturated heterocycles. The van der Waals surface area contributed by atoms with Crippen LogP contribution in [0.1, 0.15) is 17.3 Å². The molecule has 0 aliphatic carbocycles. The molecule has 0 saturated carbocycles. The molecule has 0 atom stereocenters. The number of para-hydroxylation sites is 1. The van der Waals surface area contributed by atoms with Crippen LogP contribution in [0.2, 0.25) is 0 Å². The van der Waals surface area contributed by atoms with E-state index < -0.39 is 29.1 Å². The van der Waals surface area contributed by atoms with Crippen molar-refractivity contribution in [2.45, 2.75) is 6.92 Å². The van der Waals surface area contributed by atoms with Gasteiger partial charge in [0.05, 0.1) is 0 Å². The normalized spacial score (nSPS) is 10.0. The van der Waals surface area contributed by atoms with Gasteiger partial charge in [-0.05, 0) is 43.3 Å². The average Bonchev–Trinajstić information content (AvgIpc) is 2.51. The van der Waals surface area contributed by atoms with E-state index in [4.69, 9.17) is 0 Å². The van der Waals surface area contributed by atoms with E-state index in [9.17, 15) is 23.2 Å². The number of rotatable bonds is 3. The molecule has 2 N–H and O–H groups in total. The summed E-state index contributed by atoms with van der Waals surface area (Å²) in [5.41, 5.74) is 0.0182. The molecule has 5 nitrogen and oxygen atoms in total. The van der Waals surface area contributed by atoms with Gasteiger partial charge in [-0.1, -0.05) is 6.07 Å². The number of ketones is 1. The quantitative estimate of drug-likeness (QED) is 0.675. The van der Waals surface area contributed by atoms with Gasteiger partial charge in [-0.25, -0.2) is 8.78 Å². The maximum absolute atomic E-state index is 13.4. The van der Waals surface area contributed by atoms with Crippen LogP contribution in [0, 0.1) is 11.6 Å². The van der Waals surface area contributed by atoms with Crippen molar-refractivity contribution in [2.75, 3.05) is 10.6 Å². The van der Waals surface area contributed by atoms with E-state index in [1.54, 1.807) is 0 Å². The minimum Gasteiger partial charge on any atom is -0.318 e. The summed E-state index contributed by atoms with van der Waals surface area (Å²) in [4.78, 5) is 34.5. The van der Waals surface area contributed by atoms with E-state index in [1.165, 1.54) is 31.2 Å². The van der Waals surface area contributed by atoms with Crippen LogP contribution < -0.4 is 10.6 Å². The highest BCUT2D eigenvalue weighted by Crippen LogP contribution is 2.18. The first-order valence-electron chi connectivity index (χ1n) is 6.56. The number of Topliss-reactive ketones (excluding diaryl/α,β-unsaturated/α-hetero) is 1. The van der Waals surface area contributed by atoms with Crippen molar-refractivity contribution in [3.63, 3.8) is 0 Å². The number of benzene rings is 2. The van der Waals surface area contributed by atoms with E-state index in [1.807, 2.05) is 5.32 Å². The second-order valence-electron chi connectivity index (χ2n) is 4.64. The molecule has 0 aliphatic heterocycles. The zero-order chi connectivity index (χ0) is 17.0. The maximum atomic E-state index is 13.4. The van der Waals surface area contributed by atoms with Crippen LogP contribution in [0.15, 0.2) is 42.5 Å². The first kappa shape index (κ1) is 16.3. The van der Waals surface area contributed by atoms with Crippen LogP contribution >= 0.6 is 0 Å². The predicted octanol–water partition coefficient (Wildman–Crippen LogP) is 2.74. The first-order valence-corrected chi connectivity index (χ1v) is 6.56. The largest absolute Gasteiger partial charge is 0.318 e. The van der Waals surface area contributed by atoms with Gasteiger partial charge in [-0.2, -0.15) is 0 Å². The van der Waals surface area contributed by atoms with Crippen molar-refractivity contribution in [3.8, 4) is 0 Å². The highest BCUT2D eigenvalue weighted by molar-refractivity contribution is 6.43. The van der Waals surface area contributed by atoms with Gasteiger partial charge in [-0.15, -0.1) is 0 Å². The van der Waals surface area contributed by atoms with E-state index in [0.29, 0.717) is 5.56 Å². The second kappa shape index (κ2) is 6.78. The third-order valence-electron chi connectivity index (χ3n) is 2.96. The topological polar surface area (TPSA) is 75.3 Å². The van der Waals surface area contributed by atoms with Gasteiger partial charge in [-0.3, -0.25) is 14.4 Å². The molecular weight excluding hydrogens is 306 g/mol. The number of halogens is 2. The van der Waals surface area contributed by atoms with Gasteiger partial charge in [0.2, 0.25) is 0 Å². The molecule has 118 valence electrons. The number of nitrogens with one attached hydrogen (secondary N) is 2. The number of carbonyl (C=O) groups is 3. The fourth-order valence-electron chi connectivity index (χ4n) is 1.76. The van der Waals surface area contributed by atoms with Crippen molar-refractivity contribution in [3.05, 3.63) is 59.7 Å². The Morgan fingerprint density at radius 2 is 1.35 bits per heavy atom. The van der Waals surface area contributed by atoms with Crippen LogP contribution in [0.3, 0.4) is 0 Å². The maximum Gasteiger partial charge on any atom is 0.314 e. The molecule has 0 spiro atoms. The molecule has 0 radical (unpaired) electrons. The highest BCUT2D eigenvalue weighted by atomic mass is 19.1. The average molecular weight is 318 g/mol. The summed E-state index contributed by atoms with van der Waals surface area (Å²) in [7, 11) is 0. The van der Waals surface area contributed by atoms with Crippen LogP contribution in [0.4, 0.5) is 20.2 Å². The molecule has 0 unspecified atom stereocenters. The lowest BCUT2D eigenvalue weighted by Gasteiger charge is -2.08. The summed E-state index contributed by atoms with van der Waals surface area (Å²) >= 11 is 0. The van der Waals surface area contributed by atoms with Crippen LogP contribution in [0.25, 0.3) is 0 Å². The van der Waals surface area contributed by atoms with E-state index in [-0.39, 0.29) is 11.5 Å². The molecule has 23 heavy (non-hydrogen) atoms. The zero-order valence-electron chi connectivity index (χ0n) is 12.0. The molecular formula is C16H12F2N2O3. The Labute approximate surface area is 130 Å². The standard InChI is InChI=1S/C16H12F2N2O3/c1-9(21)10-5-7-11(8-6-10)19-15(22)16(23)20-14-12(17)3-2-4-13(14)18/h2-8H,1H3,(H,19,22)(H,20,23). The Kier molecular flexibility index (Phi) is 4.80. The van der Waals surface area contributed by atoms with Gasteiger partial charge >= 0.3 is 11.8 Å². The number of amides is 2. The summed E-state index contributed by atoms with van der Waals surface area (Å²) in [5.74, 6) is -4.43. The molecule has 0 aliphatic rings. The molecule has 0 heterocycles. The zero-order valence-corrected chi connectivity index (χ0v) is 12.0. The van der Waals surface area contributed by atoms with Gasteiger partial charge in [0.1, 0.15) is 17.3 Å². The minimum absolute atomic E-state index is 0.143. The van der Waals surface area contributed by atoms with Gasteiger partial charge in [0.15, 0.2) is 5.78 Å². The number of carbonyl (C=O) groups excluding carboxylic acids is 3. The van der Waals surface area contributed by atoms with Crippen LogP contribution in [-0.4, -0.2) is 17.6 Å². The Hall–Kier alpha value is -3.09. The molecule has 0 fully saturated rings. The van der Waals surface area contributed by atoms with Gasteiger partial charge in [0.25, 0.3) is 0 Å². The van der Waals surface area contributed by atoms with Crippen molar-refractivity contribution in [1.82, 2.24) is 0 Å². The van der Waals surface area contributed by atoms with E-state index in [0.717, 1.165) is 18.2 Å².